The summed E-state index contributed by atoms with van der Waals surface area (Å²) in [5.74, 6) is 0. The van der Waals surface area contributed by atoms with Crippen molar-refractivity contribution in [3.8, 4) is 0 Å². The normalized spacial score (nSPS) is 5.40. The van der Waals surface area contributed by atoms with Crippen LogP contribution in [0.15, 0.2) is 0 Å². The first-order valence-electron chi connectivity index (χ1n) is 0.655. The van der Waals surface area contributed by atoms with Gasteiger partial charge >= 0.3 is 7.54 Å². The first-order chi connectivity index (χ1) is 1.73. The summed E-state index contributed by atoms with van der Waals surface area (Å²) in [7, 11) is -3.67. The van der Waals surface area contributed by atoms with Crippen molar-refractivity contribution in [2.75, 3.05) is 0 Å². The van der Waals surface area contributed by atoms with E-state index in [4.69, 9.17) is 0 Å². The van der Waals surface area contributed by atoms with Gasteiger partial charge < -0.3 is 0 Å². The van der Waals surface area contributed by atoms with Crippen LogP contribution in [0.5, 0.6) is 0 Å². The Bertz CT molecular complexity index is 11.6. The molecule has 0 aliphatic carbocycles. The summed E-state index contributed by atoms with van der Waals surface area (Å²) in [5, 5.41) is 0. The van der Waals surface area contributed by atoms with E-state index in [0.717, 1.165) is 0 Å². The molecule has 0 fully saturated rings. The average molecular weight is 113 g/mol. The van der Waals surface area contributed by atoms with E-state index in [1.54, 1.807) is 0 Å². The summed E-state index contributed by atoms with van der Waals surface area (Å²) < 4.78 is 29.0. The Hall–Kier alpha value is 0.725. The van der Waals surface area contributed by atoms with Crippen molar-refractivity contribution in [3.63, 3.8) is 0 Å². The minimum absolute atomic E-state index is 0. The van der Waals surface area contributed by atoms with Crippen molar-refractivity contribution in [1.82, 2.24) is 0 Å². The molecule has 0 spiro atoms. The van der Waals surface area contributed by atoms with Crippen LogP contribution in [0.4, 0.5) is 12.9 Å². The molecule has 0 aromatic rings. The van der Waals surface area contributed by atoms with Gasteiger partial charge in [-0.2, -0.15) is 0 Å². The van der Waals surface area contributed by atoms with Gasteiger partial charge in [0.15, 0.2) is 0 Å². The van der Waals surface area contributed by atoms with Crippen molar-refractivity contribution in [2.45, 2.75) is 0 Å². The quantitative estimate of drug-likeness (QED) is 0.409. The van der Waals surface area contributed by atoms with Crippen LogP contribution in [0.1, 0.15) is 0 Å². The molecule has 0 saturated heterocycles. The third-order valence-electron chi connectivity index (χ3n) is 0. The Morgan fingerprint density at radius 2 is 1.00 bits per heavy atom. The zero-order chi connectivity index (χ0) is 3.58. The third-order valence-corrected chi connectivity index (χ3v) is 0. The molecular formula is BF3Sc. The SMILES string of the molecule is FB(F)F.[Sc]. The largest absolute Gasteiger partial charge is 0.762 e. The summed E-state index contributed by atoms with van der Waals surface area (Å²) in [4.78, 5) is 0. The summed E-state index contributed by atoms with van der Waals surface area (Å²) in [5.41, 5.74) is 0. The van der Waals surface area contributed by atoms with Crippen LogP contribution in [0.3, 0.4) is 0 Å². The molecule has 0 aliphatic rings. The van der Waals surface area contributed by atoms with E-state index < -0.39 is 7.54 Å². The smallest absolute Gasteiger partial charge is 0.254 e. The Balaban J connectivity index is 0. The summed E-state index contributed by atoms with van der Waals surface area (Å²) >= 11 is 0. The molecule has 0 rings (SSSR count). The van der Waals surface area contributed by atoms with Gasteiger partial charge in [0.25, 0.3) is 0 Å². The molecule has 0 amide bonds. The maximum absolute atomic E-state index is 9.67. The molecule has 1 radical (unpaired) electrons. The molecule has 0 saturated carbocycles. The molecule has 0 atom stereocenters. The van der Waals surface area contributed by atoms with E-state index in [9.17, 15) is 12.9 Å². The Morgan fingerprint density at radius 1 is 1.00 bits per heavy atom. The van der Waals surface area contributed by atoms with Crippen LogP contribution in [-0.4, -0.2) is 7.54 Å². The Labute approximate surface area is 46.7 Å². The topological polar surface area (TPSA) is 0 Å². The minimum atomic E-state index is -3.67. The predicted octanol–water partition coefficient (Wildman–Crippen LogP) is 0.877. The summed E-state index contributed by atoms with van der Waals surface area (Å²) in [6.07, 6.45) is 0. The van der Waals surface area contributed by atoms with Crippen LogP contribution in [0, 0.1) is 0 Å². The fourth-order valence-corrected chi connectivity index (χ4v) is 0. The Morgan fingerprint density at radius 3 is 1.00 bits per heavy atom. The van der Waals surface area contributed by atoms with E-state index in [1.165, 1.54) is 0 Å². The fraction of sp³-hybridized carbons (Fsp3) is 0. The van der Waals surface area contributed by atoms with Crippen molar-refractivity contribution < 1.29 is 38.8 Å². The number of hydrogen-bond donors (Lipinski definition) is 0. The van der Waals surface area contributed by atoms with Gasteiger partial charge in [-0.25, -0.2) is 0 Å². The molecule has 0 aliphatic heterocycles. The van der Waals surface area contributed by atoms with E-state index in [1.807, 2.05) is 0 Å². The van der Waals surface area contributed by atoms with Crippen molar-refractivity contribution >= 4 is 7.54 Å². The van der Waals surface area contributed by atoms with Crippen LogP contribution in [-0.2, 0) is 25.8 Å². The molecule has 0 N–H and O–H groups in total. The second-order valence-electron chi connectivity index (χ2n) is 0.247. The molecule has 0 bridgehead atoms. The van der Waals surface area contributed by atoms with Gasteiger partial charge in [-0.3, -0.25) is 12.9 Å². The van der Waals surface area contributed by atoms with Crippen molar-refractivity contribution in [2.24, 2.45) is 0 Å². The Kier molecular flexibility index (Phi) is 8.70. The molecular weight excluding hydrogens is 113 g/mol. The summed E-state index contributed by atoms with van der Waals surface area (Å²) in [6.45, 7) is 0. The standard InChI is InChI=1S/BF3.Sc/c2-1(3)4;. The number of hydrogen-bond acceptors (Lipinski definition) is 0. The van der Waals surface area contributed by atoms with Crippen LogP contribution in [0.2, 0.25) is 0 Å². The molecule has 5 heteroatoms. The minimum Gasteiger partial charge on any atom is -0.254 e. The fourth-order valence-electron chi connectivity index (χ4n) is 0. The van der Waals surface area contributed by atoms with Crippen LogP contribution in [0.25, 0.3) is 0 Å². The molecule has 0 unspecified atom stereocenters. The van der Waals surface area contributed by atoms with Gasteiger partial charge in [0.2, 0.25) is 0 Å². The van der Waals surface area contributed by atoms with Gasteiger partial charge in [-0.05, 0) is 0 Å². The molecule has 0 aromatic carbocycles. The molecule has 27 valence electrons. The van der Waals surface area contributed by atoms with Gasteiger partial charge in [-0.15, -0.1) is 0 Å². The van der Waals surface area contributed by atoms with Gasteiger partial charge in [0.05, 0.1) is 0 Å². The zero-order valence-electron chi connectivity index (χ0n) is 2.29. The van der Waals surface area contributed by atoms with Gasteiger partial charge in [0, 0.05) is 25.8 Å². The number of rotatable bonds is 0. The van der Waals surface area contributed by atoms with Gasteiger partial charge in [0.1, 0.15) is 0 Å². The molecule has 0 heterocycles. The number of halogens is 3. The van der Waals surface area contributed by atoms with E-state index in [-0.39, 0.29) is 25.8 Å². The van der Waals surface area contributed by atoms with E-state index in [0.29, 0.717) is 0 Å². The van der Waals surface area contributed by atoms with E-state index >= 15 is 0 Å². The molecule has 5 heavy (non-hydrogen) atoms. The maximum Gasteiger partial charge on any atom is 0.762 e. The zero-order valence-corrected chi connectivity index (χ0v) is 4.09. The maximum atomic E-state index is 9.67. The monoisotopic (exact) mass is 113 g/mol. The van der Waals surface area contributed by atoms with E-state index in [2.05, 4.69) is 0 Å². The molecule has 0 aromatic heterocycles. The van der Waals surface area contributed by atoms with Gasteiger partial charge in [-0.1, -0.05) is 0 Å². The average Bonchev–Trinajstić information content (AvgIpc) is 0.811. The first-order valence-corrected chi connectivity index (χ1v) is 0.655. The second-order valence-corrected chi connectivity index (χ2v) is 0.247. The third kappa shape index (κ3) is 66.7. The first kappa shape index (κ1) is 9.21. The molecule has 0 nitrogen and oxygen atoms in total. The second kappa shape index (κ2) is 4.73. The van der Waals surface area contributed by atoms with Crippen molar-refractivity contribution in [1.29, 1.82) is 0 Å². The summed E-state index contributed by atoms with van der Waals surface area (Å²) in [6, 6.07) is 0. The van der Waals surface area contributed by atoms with Crippen LogP contribution < -0.4 is 0 Å². The van der Waals surface area contributed by atoms with Crippen LogP contribution >= 0.6 is 0 Å². The predicted molar refractivity (Wildman–Crippen MR) is 9.08 cm³/mol. The van der Waals surface area contributed by atoms with Crippen molar-refractivity contribution in [3.05, 3.63) is 0 Å².